The van der Waals surface area contributed by atoms with Crippen molar-refractivity contribution in [2.45, 2.75) is 19.8 Å². The van der Waals surface area contributed by atoms with Crippen molar-refractivity contribution in [1.29, 1.82) is 0 Å². The lowest BCUT2D eigenvalue weighted by atomic mass is 10.1. The Labute approximate surface area is 71.8 Å². The van der Waals surface area contributed by atoms with Crippen LogP contribution in [0.25, 0.3) is 0 Å². The fraction of sp³-hybridized carbons (Fsp3) is 0.500. The lowest BCUT2D eigenvalue weighted by molar-refractivity contribution is 0.380. The van der Waals surface area contributed by atoms with E-state index in [1.54, 1.807) is 6.20 Å². The topological polar surface area (TPSA) is 61.0 Å². The SMILES string of the molecule is COc1ncc(C(C)C)c(N)n1. The molecule has 0 spiro atoms. The van der Waals surface area contributed by atoms with Crippen molar-refractivity contribution in [2.75, 3.05) is 12.8 Å². The van der Waals surface area contributed by atoms with Gasteiger partial charge in [0.05, 0.1) is 7.11 Å². The largest absolute Gasteiger partial charge is 0.467 e. The third-order valence-electron chi connectivity index (χ3n) is 1.63. The molecular formula is C8H13N3O. The molecule has 0 aliphatic rings. The predicted octanol–water partition coefficient (Wildman–Crippen LogP) is 1.19. The molecule has 1 aromatic rings. The van der Waals surface area contributed by atoms with Gasteiger partial charge in [-0.15, -0.1) is 0 Å². The van der Waals surface area contributed by atoms with E-state index in [9.17, 15) is 0 Å². The van der Waals surface area contributed by atoms with E-state index in [2.05, 4.69) is 9.97 Å². The van der Waals surface area contributed by atoms with Crippen molar-refractivity contribution >= 4 is 5.82 Å². The van der Waals surface area contributed by atoms with Crippen molar-refractivity contribution in [3.05, 3.63) is 11.8 Å². The van der Waals surface area contributed by atoms with Crippen LogP contribution >= 0.6 is 0 Å². The number of hydrogen-bond donors (Lipinski definition) is 1. The first kappa shape index (κ1) is 8.77. The highest BCUT2D eigenvalue weighted by Gasteiger charge is 2.06. The molecule has 1 aromatic heterocycles. The Balaban J connectivity index is 3.03. The fourth-order valence-corrected chi connectivity index (χ4v) is 0.931. The van der Waals surface area contributed by atoms with Gasteiger partial charge in [-0.05, 0) is 5.92 Å². The second-order valence-electron chi connectivity index (χ2n) is 2.85. The second kappa shape index (κ2) is 3.38. The van der Waals surface area contributed by atoms with Gasteiger partial charge in [0.1, 0.15) is 5.82 Å². The minimum atomic E-state index is 0.317. The molecule has 0 amide bonds. The van der Waals surface area contributed by atoms with E-state index in [-0.39, 0.29) is 0 Å². The number of aromatic nitrogens is 2. The molecule has 12 heavy (non-hydrogen) atoms. The third kappa shape index (κ3) is 1.64. The molecule has 0 bridgehead atoms. The molecule has 0 radical (unpaired) electrons. The minimum Gasteiger partial charge on any atom is -0.467 e. The highest BCUT2D eigenvalue weighted by Crippen LogP contribution is 2.19. The third-order valence-corrected chi connectivity index (χ3v) is 1.63. The molecule has 4 heteroatoms. The molecule has 0 aliphatic heterocycles. The summed E-state index contributed by atoms with van der Waals surface area (Å²) >= 11 is 0. The number of hydrogen-bond acceptors (Lipinski definition) is 4. The molecule has 2 N–H and O–H groups in total. The highest BCUT2D eigenvalue weighted by molar-refractivity contribution is 5.40. The van der Waals surface area contributed by atoms with E-state index in [1.165, 1.54) is 7.11 Å². The van der Waals surface area contributed by atoms with Gasteiger partial charge in [0.2, 0.25) is 0 Å². The zero-order valence-corrected chi connectivity index (χ0v) is 7.53. The Morgan fingerprint density at radius 3 is 2.58 bits per heavy atom. The highest BCUT2D eigenvalue weighted by atomic mass is 16.5. The number of rotatable bonds is 2. The van der Waals surface area contributed by atoms with E-state index in [0.29, 0.717) is 17.7 Å². The fourth-order valence-electron chi connectivity index (χ4n) is 0.931. The van der Waals surface area contributed by atoms with Crippen LogP contribution in [0.15, 0.2) is 6.20 Å². The maximum atomic E-state index is 5.67. The monoisotopic (exact) mass is 167 g/mol. The van der Waals surface area contributed by atoms with Crippen LogP contribution in [0.3, 0.4) is 0 Å². The summed E-state index contributed by atoms with van der Waals surface area (Å²) in [5.41, 5.74) is 6.62. The van der Waals surface area contributed by atoms with Gasteiger partial charge in [-0.1, -0.05) is 13.8 Å². The van der Waals surface area contributed by atoms with E-state index in [0.717, 1.165) is 5.56 Å². The number of anilines is 1. The minimum absolute atomic E-state index is 0.317. The zero-order valence-electron chi connectivity index (χ0n) is 7.53. The maximum absolute atomic E-state index is 5.67. The summed E-state index contributed by atoms with van der Waals surface area (Å²) in [6, 6.07) is 0.317. The molecule has 0 fully saturated rings. The number of nitrogen functional groups attached to an aromatic ring is 1. The standard InChI is InChI=1S/C8H13N3O/c1-5(2)6-4-10-8(12-3)11-7(6)9/h4-5H,1-3H3,(H2,9,10,11). The summed E-state index contributed by atoms with van der Waals surface area (Å²) in [5, 5.41) is 0. The molecule has 4 nitrogen and oxygen atoms in total. The molecule has 0 saturated carbocycles. The normalized spacial score (nSPS) is 10.3. The molecule has 0 atom stereocenters. The molecule has 1 heterocycles. The quantitative estimate of drug-likeness (QED) is 0.718. The van der Waals surface area contributed by atoms with Gasteiger partial charge in [0.25, 0.3) is 0 Å². The second-order valence-corrected chi connectivity index (χ2v) is 2.85. The van der Waals surface area contributed by atoms with Gasteiger partial charge in [0.15, 0.2) is 0 Å². The zero-order chi connectivity index (χ0) is 9.14. The lowest BCUT2D eigenvalue weighted by Gasteiger charge is -2.07. The van der Waals surface area contributed by atoms with Crippen molar-refractivity contribution in [1.82, 2.24) is 9.97 Å². The van der Waals surface area contributed by atoms with Crippen LogP contribution in [0, 0.1) is 0 Å². The summed E-state index contributed by atoms with van der Waals surface area (Å²) in [5.74, 6) is 0.841. The summed E-state index contributed by atoms with van der Waals surface area (Å²) in [6.07, 6.45) is 1.70. The van der Waals surface area contributed by atoms with E-state index in [4.69, 9.17) is 10.5 Å². The summed E-state index contributed by atoms with van der Waals surface area (Å²) in [7, 11) is 1.52. The van der Waals surface area contributed by atoms with Gasteiger partial charge in [-0.25, -0.2) is 4.98 Å². The molecule has 1 rings (SSSR count). The van der Waals surface area contributed by atoms with Crippen molar-refractivity contribution in [2.24, 2.45) is 0 Å². The molecule has 66 valence electrons. The predicted molar refractivity (Wildman–Crippen MR) is 47.1 cm³/mol. The molecular weight excluding hydrogens is 154 g/mol. The number of nitrogens with two attached hydrogens (primary N) is 1. The van der Waals surface area contributed by atoms with Crippen LogP contribution in [-0.4, -0.2) is 17.1 Å². The average molecular weight is 167 g/mol. The first-order valence-corrected chi connectivity index (χ1v) is 3.81. The van der Waals surface area contributed by atoms with Gasteiger partial charge < -0.3 is 10.5 Å². The Morgan fingerprint density at radius 2 is 2.17 bits per heavy atom. The van der Waals surface area contributed by atoms with Crippen LogP contribution in [-0.2, 0) is 0 Å². The van der Waals surface area contributed by atoms with Crippen LogP contribution in [0.4, 0.5) is 5.82 Å². The summed E-state index contributed by atoms with van der Waals surface area (Å²) in [6.45, 7) is 4.09. The number of ether oxygens (including phenoxy) is 1. The van der Waals surface area contributed by atoms with Crippen molar-refractivity contribution in [3.8, 4) is 6.01 Å². The number of methoxy groups -OCH3 is 1. The summed E-state index contributed by atoms with van der Waals surface area (Å²) in [4.78, 5) is 7.92. The van der Waals surface area contributed by atoms with Crippen molar-refractivity contribution in [3.63, 3.8) is 0 Å². The van der Waals surface area contributed by atoms with Crippen LogP contribution in [0.1, 0.15) is 25.3 Å². The van der Waals surface area contributed by atoms with Crippen molar-refractivity contribution < 1.29 is 4.74 Å². The maximum Gasteiger partial charge on any atom is 0.318 e. The van der Waals surface area contributed by atoms with E-state index in [1.807, 2.05) is 13.8 Å². The smallest absolute Gasteiger partial charge is 0.318 e. The van der Waals surface area contributed by atoms with Gasteiger partial charge >= 0.3 is 6.01 Å². The Bertz CT molecular complexity index is 273. The molecule has 0 aromatic carbocycles. The van der Waals surface area contributed by atoms with Crippen LogP contribution < -0.4 is 10.5 Å². The van der Waals surface area contributed by atoms with E-state index < -0.39 is 0 Å². The molecule has 0 aliphatic carbocycles. The lowest BCUT2D eigenvalue weighted by Crippen LogP contribution is -2.02. The molecule has 0 saturated heterocycles. The van der Waals surface area contributed by atoms with E-state index >= 15 is 0 Å². The van der Waals surface area contributed by atoms with Gasteiger partial charge in [0, 0.05) is 11.8 Å². The molecule has 0 unspecified atom stereocenters. The first-order chi connectivity index (χ1) is 5.65. The van der Waals surface area contributed by atoms with Gasteiger partial charge in [-0.2, -0.15) is 4.98 Å². The Morgan fingerprint density at radius 1 is 1.50 bits per heavy atom. The van der Waals surface area contributed by atoms with Crippen LogP contribution in [0.2, 0.25) is 0 Å². The Kier molecular flexibility index (Phi) is 2.47. The van der Waals surface area contributed by atoms with Gasteiger partial charge in [-0.3, -0.25) is 0 Å². The number of nitrogens with zero attached hydrogens (tertiary/aromatic N) is 2. The summed E-state index contributed by atoms with van der Waals surface area (Å²) < 4.78 is 4.83. The first-order valence-electron chi connectivity index (χ1n) is 3.81. The average Bonchev–Trinajstić information content (AvgIpc) is 2.03. The Hall–Kier alpha value is -1.32. The van der Waals surface area contributed by atoms with Crippen LogP contribution in [0.5, 0.6) is 6.01 Å².